The van der Waals surface area contributed by atoms with E-state index in [4.69, 9.17) is 23.2 Å². The molecule has 0 saturated carbocycles. The normalized spacial score (nSPS) is 14.9. The van der Waals surface area contributed by atoms with Gasteiger partial charge in [-0.2, -0.15) is 8.78 Å². The van der Waals surface area contributed by atoms with E-state index in [2.05, 4.69) is 15.0 Å². The van der Waals surface area contributed by atoms with Gasteiger partial charge in [0.2, 0.25) is 5.91 Å². The molecule has 0 aromatic heterocycles. The smallest absolute Gasteiger partial charge is 0.387 e. The zero-order chi connectivity index (χ0) is 22.5. The van der Waals surface area contributed by atoms with Crippen molar-refractivity contribution in [3.05, 3.63) is 63.8 Å². The minimum Gasteiger partial charge on any atom is -0.435 e. The van der Waals surface area contributed by atoms with Crippen molar-refractivity contribution in [2.45, 2.75) is 6.61 Å². The number of benzene rings is 2. The maximum atomic E-state index is 13.1. The van der Waals surface area contributed by atoms with Crippen molar-refractivity contribution in [2.75, 3.05) is 17.7 Å². The molecule has 0 bridgehead atoms. The highest BCUT2D eigenvalue weighted by Gasteiger charge is 2.32. The van der Waals surface area contributed by atoms with E-state index in [-0.39, 0.29) is 28.3 Å². The Morgan fingerprint density at radius 2 is 1.97 bits per heavy atom. The van der Waals surface area contributed by atoms with E-state index in [1.54, 1.807) is 18.2 Å². The van der Waals surface area contributed by atoms with E-state index in [9.17, 15) is 18.4 Å². The van der Waals surface area contributed by atoms with Crippen LogP contribution in [0.2, 0.25) is 10.0 Å². The van der Waals surface area contributed by atoms with E-state index >= 15 is 0 Å². The number of halogens is 4. The summed E-state index contributed by atoms with van der Waals surface area (Å²) >= 11 is 13.2. The maximum absolute atomic E-state index is 13.1. The van der Waals surface area contributed by atoms with Gasteiger partial charge in [0.05, 0.1) is 11.4 Å². The quantitative estimate of drug-likeness (QED) is 0.595. The second kappa shape index (κ2) is 10.1. The molecule has 1 aliphatic heterocycles. The number of carbonyl (C=O) groups excluding carboxylic acids is 2. The van der Waals surface area contributed by atoms with Crippen LogP contribution in [0.4, 0.5) is 14.5 Å². The lowest BCUT2D eigenvalue weighted by Crippen LogP contribution is -2.31. The van der Waals surface area contributed by atoms with Gasteiger partial charge in [-0.15, -0.1) is 0 Å². The number of carbonyl (C=O) groups is 2. The average Bonchev–Trinajstić information content (AvgIpc) is 3.03. The van der Waals surface area contributed by atoms with E-state index in [0.717, 1.165) is 11.8 Å². The third kappa shape index (κ3) is 5.75. The first-order valence-corrected chi connectivity index (χ1v) is 10.5. The predicted octanol–water partition coefficient (Wildman–Crippen LogP) is 4.82. The van der Waals surface area contributed by atoms with Crippen molar-refractivity contribution in [3.8, 4) is 5.75 Å². The molecule has 0 radical (unpaired) electrons. The Morgan fingerprint density at radius 3 is 2.58 bits per heavy atom. The van der Waals surface area contributed by atoms with Gasteiger partial charge in [-0.3, -0.25) is 14.5 Å². The largest absolute Gasteiger partial charge is 0.435 e. The number of amidine groups is 1. The molecular weight excluding hydrogens is 471 g/mol. The predicted molar refractivity (Wildman–Crippen MR) is 119 cm³/mol. The number of alkyl halides is 2. The molecule has 0 saturated heterocycles. The van der Waals surface area contributed by atoms with Crippen molar-refractivity contribution < 1.29 is 23.1 Å². The Hall–Kier alpha value is -2.62. The van der Waals surface area contributed by atoms with Crippen molar-refractivity contribution >= 4 is 63.7 Å². The number of amides is 2. The first kappa shape index (κ1) is 23.1. The Balaban J connectivity index is 1.94. The minimum atomic E-state index is -2.96. The summed E-state index contributed by atoms with van der Waals surface area (Å²) in [5, 5.41) is 3.54. The molecule has 0 aliphatic carbocycles. The lowest BCUT2D eigenvalue weighted by molar-refractivity contribution is -0.118. The number of anilines is 1. The van der Waals surface area contributed by atoms with Crippen molar-refractivity contribution in [1.29, 1.82) is 0 Å². The molecule has 0 unspecified atom stereocenters. The van der Waals surface area contributed by atoms with Gasteiger partial charge in [0.25, 0.3) is 5.91 Å². The molecule has 6 nitrogen and oxygen atoms in total. The molecule has 0 fully saturated rings. The van der Waals surface area contributed by atoms with Crippen LogP contribution in [0.3, 0.4) is 0 Å². The monoisotopic (exact) mass is 485 g/mol. The van der Waals surface area contributed by atoms with Gasteiger partial charge in [0.15, 0.2) is 5.17 Å². The molecule has 2 aromatic rings. The van der Waals surface area contributed by atoms with Crippen LogP contribution in [0.5, 0.6) is 5.75 Å². The zero-order valence-corrected chi connectivity index (χ0v) is 18.3. The second-order valence-electron chi connectivity index (χ2n) is 6.06. The van der Waals surface area contributed by atoms with Gasteiger partial charge >= 0.3 is 6.61 Å². The molecule has 11 heteroatoms. The van der Waals surface area contributed by atoms with E-state index in [1.807, 2.05) is 0 Å². The Kier molecular flexibility index (Phi) is 7.53. The molecule has 2 aromatic carbocycles. The van der Waals surface area contributed by atoms with Crippen LogP contribution in [0.1, 0.15) is 5.56 Å². The summed E-state index contributed by atoms with van der Waals surface area (Å²) in [6, 6.07) is 10.3. The van der Waals surface area contributed by atoms with Gasteiger partial charge in [0, 0.05) is 17.1 Å². The van der Waals surface area contributed by atoms with Crippen LogP contribution in [-0.4, -0.2) is 36.4 Å². The lowest BCUT2D eigenvalue weighted by Gasteiger charge is -2.18. The van der Waals surface area contributed by atoms with E-state index in [1.165, 1.54) is 42.3 Å². The minimum absolute atomic E-state index is 0.0284. The average molecular weight is 486 g/mol. The lowest BCUT2D eigenvalue weighted by atomic mass is 10.2. The topological polar surface area (TPSA) is 71.0 Å². The first-order chi connectivity index (χ1) is 14.8. The summed E-state index contributed by atoms with van der Waals surface area (Å²) in [4.78, 5) is 30.4. The number of aliphatic imine (C=N–C) groups is 1. The Morgan fingerprint density at radius 1 is 1.26 bits per heavy atom. The van der Waals surface area contributed by atoms with Gasteiger partial charge < -0.3 is 10.1 Å². The fraction of sp³-hybridized carbons (Fsp3) is 0.150. The van der Waals surface area contributed by atoms with E-state index < -0.39 is 12.5 Å². The van der Waals surface area contributed by atoms with Crippen LogP contribution < -0.4 is 15.0 Å². The van der Waals surface area contributed by atoms with Crippen molar-refractivity contribution in [1.82, 2.24) is 5.32 Å². The molecule has 1 aliphatic rings. The van der Waals surface area contributed by atoms with Gasteiger partial charge in [0.1, 0.15) is 11.4 Å². The number of rotatable bonds is 6. The number of hydrogen-bond donors (Lipinski definition) is 1. The number of nitrogens with zero attached hydrogens (tertiary/aromatic N) is 2. The molecule has 1 heterocycles. The number of ether oxygens (including phenoxy) is 1. The summed E-state index contributed by atoms with van der Waals surface area (Å²) in [6.07, 6.45) is 1.51. The van der Waals surface area contributed by atoms with Crippen LogP contribution >= 0.6 is 35.0 Å². The fourth-order valence-electron chi connectivity index (χ4n) is 2.57. The second-order valence-corrected chi connectivity index (χ2v) is 7.85. The molecule has 0 spiro atoms. The SMILES string of the molecule is CNC(=O)CSC1=NC(=Cc2ccc(Cl)cc2Cl)C(=O)N1c1ccc(OC(F)F)cc1. The van der Waals surface area contributed by atoms with Crippen molar-refractivity contribution in [2.24, 2.45) is 4.99 Å². The standard InChI is InChI=1S/C20H15Cl2F2N3O3S/c1-25-17(28)10-31-20-26-16(8-11-2-3-12(21)9-15(11)22)18(29)27(20)13-4-6-14(7-5-13)30-19(23)24/h2-9,19H,10H2,1H3,(H,25,28). The van der Waals surface area contributed by atoms with E-state index in [0.29, 0.717) is 21.3 Å². The molecule has 162 valence electrons. The summed E-state index contributed by atoms with van der Waals surface area (Å²) in [5.74, 6) is -0.738. The molecule has 3 rings (SSSR count). The van der Waals surface area contributed by atoms with Crippen LogP contribution in [0.25, 0.3) is 6.08 Å². The number of hydrogen-bond acceptors (Lipinski definition) is 5. The van der Waals surface area contributed by atoms with Crippen LogP contribution in [-0.2, 0) is 9.59 Å². The van der Waals surface area contributed by atoms with Gasteiger partial charge in [-0.1, -0.05) is 41.0 Å². The summed E-state index contributed by atoms with van der Waals surface area (Å²) in [5.41, 5.74) is 1.01. The molecule has 0 atom stereocenters. The highest BCUT2D eigenvalue weighted by molar-refractivity contribution is 8.14. The Bertz CT molecular complexity index is 1060. The molecule has 1 N–H and O–H groups in total. The first-order valence-electron chi connectivity index (χ1n) is 8.76. The molecule has 2 amide bonds. The third-order valence-corrected chi connectivity index (χ3v) is 5.52. The third-order valence-electron chi connectivity index (χ3n) is 4.02. The molecular formula is C20H15Cl2F2N3O3S. The highest BCUT2D eigenvalue weighted by atomic mass is 35.5. The van der Waals surface area contributed by atoms with Gasteiger partial charge in [-0.25, -0.2) is 4.99 Å². The van der Waals surface area contributed by atoms with Crippen LogP contribution in [0.15, 0.2) is 53.2 Å². The van der Waals surface area contributed by atoms with Gasteiger partial charge in [-0.05, 0) is 48.0 Å². The highest BCUT2D eigenvalue weighted by Crippen LogP contribution is 2.32. The number of nitrogens with one attached hydrogen (secondary N) is 1. The summed E-state index contributed by atoms with van der Waals surface area (Å²) < 4.78 is 29.1. The number of thioether (sulfide) groups is 1. The zero-order valence-electron chi connectivity index (χ0n) is 15.9. The fourth-order valence-corrected chi connectivity index (χ4v) is 3.91. The van der Waals surface area contributed by atoms with Crippen molar-refractivity contribution in [3.63, 3.8) is 0 Å². The molecule has 31 heavy (non-hydrogen) atoms. The van der Waals surface area contributed by atoms with Crippen LogP contribution in [0, 0.1) is 0 Å². The maximum Gasteiger partial charge on any atom is 0.387 e. The Labute approximate surface area is 190 Å². The summed E-state index contributed by atoms with van der Waals surface area (Å²) in [7, 11) is 1.50. The summed E-state index contributed by atoms with van der Waals surface area (Å²) in [6.45, 7) is -2.96.